The van der Waals surface area contributed by atoms with E-state index >= 15 is 0 Å². The molecule has 0 saturated carbocycles. The van der Waals surface area contributed by atoms with Gasteiger partial charge in [-0.1, -0.05) is 17.7 Å². The highest BCUT2D eigenvalue weighted by Crippen LogP contribution is 2.24. The molecule has 0 unspecified atom stereocenters. The predicted molar refractivity (Wildman–Crippen MR) is 70.6 cm³/mol. The molecule has 0 spiro atoms. The Morgan fingerprint density at radius 2 is 2.06 bits per heavy atom. The van der Waals surface area contributed by atoms with Crippen molar-refractivity contribution >= 4 is 33.3 Å². The number of benzene rings is 1. The first kappa shape index (κ1) is 14.8. The smallest absolute Gasteiger partial charge is 0.305 e. The van der Waals surface area contributed by atoms with Gasteiger partial charge in [0.15, 0.2) is 0 Å². The van der Waals surface area contributed by atoms with Gasteiger partial charge in [0.05, 0.1) is 18.4 Å². The molecule has 1 rings (SSSR count). The van der Waals surface area contributed by atoms with Gasteiger partial charge in [-0.2, -0.15) is 0 Å². The third kappa shape index (κ3) is 3.89. The van der Waals surface area contributed by atoms with Crippen molar-refractivity contribution in [1.29, 1.82) is 0 Å². The second-order valence-corrected chi connectivity index (χ2v) is 6.23. The minimum Gasteiger partial charge on any atom is -0.481 e. The molecule has 1 aromatic rings. The van der Waals surface area contributed by atoms with Gasteiger partial charge in [0.2, 0.25) is 10.0 Å². The van der Waals surface area contributed by atoms with Gasteiger partial charge < -0.3 is 5.11 Å². The van der Waals surface area contributed by atoms with Crippen LogP contribution in [-0.4, -0.2) is 32.3 Å². The molecule has 0 aliphatic carbocycles. The van der Waals surface area contributed by atoms with E-state index in [1.807, 2.05) is 0 Å². The van der Waals surface area contributed by atoms with E-state index in [1.165, 1.54) is 6.07 Å². The standard InChI is InChI=1S/C11H14ClNO4S/c1-8-3-4-9(7-10(8)12)13(18(2,16)17)6-5-11(14)15/h3-4,7H,5-6H2,1-2H3,(H,14,15). The lowest BCUT2D eigenvalue weighted by Crippen LogP contribution is -2.32. The van der Waals surface area contributed by atoms with Gasteiger partial charge in [0, 0.05) is 11.6 Å². The highest BCUT2D eigenvalue weighted by Gasteiger charge is 2.18. The minimum absolute atomic E-state index is 0.118. The number of anilines is 1. The van der Waals surface area contributed by atoms with Crippen LogP contribution < -0.4 is 4.31 Å². The van der Waals surface area contributed by atoms with Crippen molar-refractivity contribution in [2.24, 2.45) is 0 Å². The molecule has 0 atom stereocenters. The third-order valence-corrected chi connectivity index (χ3v) is 3.97. The average Bonchev–Trinajstić information content (AvgIpc) is 2.21. The van der Waals surface area contributed by atoms with Gasteiger partial charge in [0.25, 0.3) is 0 Å². The summed E-state index contributed by atoms with van der Waals surface area (Å²) in [5.74, 6) is -1.05. The topological polar surface area (TPSA) is 74.7 Å². The number of nitrogens with zero attached hydrogens (tertiary/aromatic N) is 1. The molecule has 1 N–H and O–H groups in total. The molecule has 0 aliphatic rings. The van der Waals surface area contributed by atoms with Crippen LogP contribution in [0.25, 0.3) is 0 Å². The molecule has 0 radical (unpaired) electrons. The molecule has 0 bridgehead atoms. The third-order valence-electron chi connectivity index (χ3n) is 2.37. The monoisotopic (exact) mass is 291 g/mol. The number of aliphatic carboxylic acids is 1. The number of halogens is 1. The van der Waals surface area contributed by atoms with E-state index in [4.69, 9.17) is 16.7 Å². The van der Waals surface area contributed by atoms with Gasteiger partial charge in [0.1, 0.15) is 0 Å². The van der Waals surface area contributed by atoms with E-state index in [0.29, 0.717) is 10.7 Å². The van der Waals surface area contributed by atoms with Crippen molar-refractivity contribution in [1.82, 2.24) is 0 Å². The number of hydrogen-bond donors (Lipinski definition) is 1. The summed E-state index contributed by atoms with van der Waals surface area (Å²) in [6.45, 7) is 1.68. The molecular formula is C11H14ClNO4S. The highest BCUT2D eigenvalue weighted by atomic mass is 35.5. The van der Waals surface area contributed by atoms with Crippen LogP contribution in [-0.2, 0) is 14.8 Å². The first-order valence-electron chi connectivity index (χ1n) is 5.17. The molecule has 100 valence electrons. The first-order chi connectivity index (χ1) is 8.21. The zero-order valence-electron chi connectivity index (χ0n) is 10.1. The predicted octanol–water partition coefficient (Wildman–Crippen LogP) is 1.89. The summed E-state index contributed by atoms with van der Waals surface area (Å²) in [4.78, 5) is 10.5. The van der Waals surface area contributed by atoms with Gasteiger partial charge >= 0.3 is 5.97 Å². The van der Waals surface area contributed by atoms with E-state index in [9.17, 15) is 13.2 Å². The molecular weight excluding hydrogens is 278 g/mol. The Hall–Kier alpha value is -1.27. The summed E-state index contributed by atoms with van der Waals surface area (Å²) in [5, 5.41) is 9.07. The largest absolute Gasteiger partial charge is 0.481 e. The number of carbonyl (C=O) groups is 1. The Morgan fingerprint density at radius 1 is 1.44 bits per heavy atom. The van der Waals surface area contributed by atoms with E-state index in [1.54, 1.807) is 19.1 Å². The van der Waals surface area contributed by atoms with E-state index < -0.39 is 16.0 Å². The Labute approximate surface area is 111 Å². The fourth-order valence-electron chi connectivity index (χ4n) is 1.42. The van der Waals surface area contributed by atoms with Crippen LogP contribution in [0.2, 0.25) is 5.02 Å². The molecule has 0 heterocycles. The summed E-state index contributed by atoms with van der Waals surface area (Å²) >= 11 is 5.93. The SMILES string of the molecule is Cc1ccc(N(CCC(=O)O)S(C)(=O)=O)cc1Cl. The van der Waals surface area contributed by atoms with Crippen LogP contribution in [0.3, 0.4) is 0 Å². The van der Waals surface area contributed by atoms with Gasteiger partial charge in [-0.25, -0.2) is 8.42 Å². The fraction of sp³-hybridized carbons (Fsp3) is 0.364. The van der Waals surface area contributed by atoms with E-state index in [-0.39, 0.29) is 13.0 Å². The maximum Gasteiger partial charge on any atom is 0.305 e. The van der Waals surface area contributed by atoms with Crippen molar-refractivity contribution < 1.29 is 18.3 Å². The molecule has 7 heteroatoms. The lowest BCUT2D eigenvalue weighted by Gasteiger charge is -2.22. The molecule has 18 heavy (non-hydrogen) atoms. The maximum atomic E-state index is 11.6. The Kier molecular flexibility index (Phi) is 4.59. The Bertz CT molecular complexity index is 556. The molecule has 5 nitrogen and oxygen atoms in total. The van der Waals surface area contributed by atoms with Crippen LogP contribution in [0.4, 0.5) is 5.69 Å². The summed E-state index contributed by atoms with van der Waals surface area (Å²) < 4.78 is 24.3. The van der Waals surface area contributed by atoms with Crippen molar-refractivity contribution in [3.63, 3.8) is 0 Å². The van der Waals surface area contributed by atoms with Crippen LogP contribution in [0.15, 0.2) is 18.2 Å². The van der Waals surface area contributed by atoms with Crippen molar-refractivity contribution in [3.8, 4) is 0 Å². The first-order valence-corrected chi connectivity index (χ1v) is 7.40. The molecule has 0 fully saturated rings. The second kappa shape index (κ2) is 5.58. The van der Waals surface area contributed by atoms with E-state index in [2.05, 4.69) is 0 Å². The zero-order chi connectivity index (χ0) is 13.9. The van der Waals surface area contributed by atoms with Crippen molar-refractivity contribution in [2.75, 3.05) is 17.1 Å². The minimum atomic E-state index is -3.53. The zero-order valence-corrected chi connectivity index (χ0v) is 11.6. The second-order valence-electron chi connectivity index (χ2n) is 3.91. The number of sulfonamides is 1. The van der Waals surface area contributed by atoms with Gasteiger partial charge in [-0.05, 0) is 24.6 Å². The lowest BCUT2D eigenvalue weighted by atomic mass is 10.2. The molecule has 0 aliphatic heterocycles. The van der Waals surface area contributed by atoms with Gasteiger partial charge in [-0.3, -0.25) is 9.10 Å². The summed E-state index contributed by atoms with van der Waals surface area (Å²) in [6, 6.07) is 4.81. The van der Waals surface area contributed by atoms with Crippen LogP contribution in [0.5, 0.6) is 0 Å². The van der Waals surface area contributed by atoms with Crippen LogP contribution in [0, 0.1) is 6.92 Å². The molecule has 0 amide bonds. The van der Waals surface area contributed by atoms with Crippen LogP contribution >= 0.6 is 11.6 Å². The molecule has 1 aromatic carbocycles. The number of rotatable bonds is 5. The summed E-state index contributed by atoms with van der Waals surface area (Å²) in [7, 11) is -3.53. The average molecular weight is 292 g/mol. The van der Waals surface area contributed by atoms with E-state index in [0.717, 1.165) is 16.1 Å². The highest BCUT2D eigenvalue weighted by molar-refractivity contribution is 7.92. The number of hydrogen-bond acceptors (Lipinski definition) is 3. The van der Waals surface area contributed by atoms with Gasteiger partial charge in [-0.15, -0.1) is 0 Å². The summed E-state index contributed by atoms with van der Waals surface area (Å²) in [5.41, 5.74) is 1.20. The molecule has 0 saturated heterocycles. The Balaban J connectivity index is 3.10. The normalized spacial score (nSPS) is 11.3. The number of aryl methyl sites for hydroxylation is 1. The fourth-order valence-corrected chi connectivity index (χ4v) is 2.51. The molecule has 0 aromatic heterocycles. The maximum absolute atomic E-state index is 11.6. The van der Waals surface area contributed by atoms with Crippen molar-refractivity contribution in [2.45, 2.75) is 13.3 Å². The summed E-state index contributed by atoms with van der Waals surface area (Å²) in [6.07, 6.45) is 0.765. The number of carboxylic acids is 1. The lowest BCUT2D eigenvalue weighted by molar-refractivity contribution is -0.136. The number of carboxylic acid groups (broad SMARTS) is 1. The van der Waals surface area contributed by atoms with Crippen molar-refractivity contribution in [3.05, 3.63) is 28.8 Å². The quantitative estimate of drug-likeness (QED) is 0.899. The Morgan fingerprint density at radius 3 is 2.50 bits per heavy atom. The van der Waals surface area contributed by atoms with Crippen LogP contribution in [0.1, 0.15) is 12.0 Å².